The van der Waals surface area contributed by atoms with Crippen LogP contribution in [0.1, 0.15) is 49.3 Å². The Morgan fingerprint density at radius 3 is 1.68 bits per heavy atom. The van der Waals surface area contributed by atoms with Gasteiger partial charge in [0.1, 0.15) is 5.60 Å². The Hall–Kier alpha value is -2.68. The Bertz CT molecular complexity index is 778. The highest BCUT2D eigenvalue weighted by Gasteiger charge is 2.38. The summed E-state index contributed by atoms with van der Waals surface area (Å²) in [6.07, 6.45) is 6.13. The van der Waals surface area contributed by atoms with Gasteiger partial charge in [0.2, 0.25) is 0 Å². The van der Waals surface area contributed by atoms with E-state index in [1.807, 2.05) is 24.3 Å². The van der Waals surface area contributed by atoms with Gasteiger partial charge < -0.3 is 9.47 Å². The molecule has 0 aliphatic heterocycles. The molecule has 0 aliphatic rings. The molecule has 0 aromatic heterocycles. The van der Waals surface area contributed by atoms with Gasteiger partial charge in [-0.25, -0.2) is 0 Å². The molecule has 2 nitrogen and oxygen atoms in total. The van der Waals surface area contributed by atoms with Gasteiger partial charge in [0, 0.05) is 6.61 Å². The average molecular weight is 415 g/mol. The number of hydrogen-bond acceptors (Lipinski definition) is 2. The van der Waals surface area contributed by atoms with Crippen LogP contribution in [0.4, 0.5) is 0 Å². The third kappa shape index (κ3) is 5.94. The molecule has 3 aromatic carbocycles. The summed E-state index contributed by atoms with van der Waals surface area (Å²) in [5, 5.41) is 0. The highest BCUT2D eigenvalue weighted by atomic mass is 16.5. The zero-order valence-corrected chi connectivity index (χ0v) is 18.6. The number of allylic oxidation sites excluding steroid dienone is 1. The Balaban J connectivity index is 1.91. The van der Waals surface area contributed by atoms with Crippen LogP contribution in [0.5, 0.6) is 0 Å². The van der Waals surface area contributed by atoms with E-state index in [1.54, 1.807) is 0 Å². The van der Waals surface area contributed by atoms with Crippen molar-refractivity contribution in [3.05, 3.63) is 120 Å². The van der Waals surface area contributed by atoms with Gasteiger partial charge in [0.15, 0.2) is 0 Å². The van der Waals surface area contributed by atoms with Gasteiger partial charge in [0.25, 0.3) is 0 Å². The summed E-state index contributed by atoms with van der Waals surface area (Å²) in [7, 11) is 0. The van der Waals surface area contributed by atoms with E-state index in [0.717, 1.165) is 49.0 Å². The quantitative estimate of drug-likeness (QED) is 0.168. The van der Waals surface area contributed by atoms with Gasteiger partial charge in [-0.3, -0.25) is 0 Å². The molecule has 0 spiro atoms. The van der Waals surface area contributed by atoms with E-state index in [0.29, 0.717) is 6.61 Å². The van der Waals surface area contributed by atoms with Crippen LogP contribution in [0.3, 0.4) is 0 Å². The second-order valence-electron chi connectivity index (χ2n) is 7.78. The summed E-state index contributed by atoms with van der Waals surface area (Å²) < 4.78 is 13.1. The lowest BCUT2D eigenvalue weighted by molar-refractivity contribution is -0.0663. The van der Waals surface area contributed by atoms with Crippen LogP contribution in [0.2, 0.25) is 0 Å². The van der Waals surface area contributed by atoms with Gasteiger partial charge in [-0.1, -0.05) is 104 Å². The van der Waals surface area contributed by atoms with E-state index in [9.17, 15) is 0 Å². The highest BCUT2D eigenvalue weighted by molar-refractivity contribution is 5.47. The van der Waals surface area contributed by atoms with Gasteiger partial charge in [0.05, 0.1) is 12.7 Å². The first-order valence-electron chi connectivity index (χ1n) is 11.3. The fourth-order valence-electron chi connectivity index (χ4n) is 3.91. The SMILES string of the molecule is C=CCCCCOC(CC)COC(c1ccccc1)(c1ccccc1)c1ccccc1. The minimum absolute atomic E-state index is 0.0549. The van der Waals surface area contributed by atoms with Gasteiger partial charge in [-0.2, -0.15) is 0 Å². The van der Waals surface area contributed by atoms with E-state index in [2.05, 4.69) is 86.3 Å². The lowest BCUT2D eigenvalue weighted by atomic mass is 9.80. The molecule has 0 N–H and O–H groups in total. The zero-order valence-electron chi connectivity index (χ0n) is 18.6. The van der Waals surface area contributed by atoms with Crippen molar-refractivity contribution >= 4 is 0 Å². The third-order valence-electron chi connectivity index (χ3n) is 5.64. The molecule has 0 fully saturated rings. The molecule has 1 atom stereocenters. The standard InChI is InChI=1S/C29H34O2/c1-3-5-6-16-23-30-28(4-2)24-31-29(25-17-10-7-11-18-25,26-19-12-8-13-20-26)27-21-14-9-15-22-27/h3,7-15,17-22,28H,1,4-6,16,23-24H2,2H3. The smallest absolute Gasteiger partial charge is 0.143 e. The molecule has 162 valence electrons. The van der Waals surface area contributed by atoms with Gasteiger partial charge >= 0.3 is 0 Å². The molecule has 3 rings (SSSR count). The van der Waals surface area contributed by atoms with E-state index in [1.165, 1.54) is 0 Å². The summed E-state index contributed by atoms with van der Waals surface area (Å²) in [5.41, 5.74) is 2.67. The maximum Gasteiger partial charge on any atom is 0.143 e. The van der Waals surface area contributed by atoms with Crippen molar-refractivity contribution in [1.82, 2.24) is 0 Å². The maximum atomic E-state index is 6.88. The first-order chi connectivity index (χ1) is 15.3. The predicted octanol–water partition coefficient (Wildman–Crippen LogP) is 7.15. The molecule has 0 saturated heterocycles. The molecule has 2 heteroatoms. The van der Waals surface area contributed by atoms with Crippen LogP contribution in [-0.2, 0) is 15.1 Å². The van der Waals surface area contributed by atoms with E-state index in [4.69, 9.17) is 9.47 Å². The zero-order chi connectivity index (χ0) is 21.8. The molecule has 0 bridgehead atoms. The van der Waals surface area contributed by atoms with Crippen LogP contribution in [0, 0.1) is 0 Å². The summed E-state index contributed by atoms with van der Waals surface area (Å²) in [4.78, 5) is 0. The summed E-state index contributed by atoms with van der Waals surface area (Å²) in [6, 6.07) is 31.5. The van der Waals surface area contributed by atoms with Crippen molar-refractivity contribution in [2.75, 3.05) is 13.2 Å². The molecular formula is C29H34O2. The summed E-state index contributed by atoms with van der Waals surface area (Å²) in [5.74, 6) is 0. The summed E-state index contributed by atoms with van der Waals surface area (Å²) in [6.45, 7) is 7.23. The Morgan fingerprint density at radius 1 is 0.774 bits per heavy atom. The van der Waals surface area contributed by atoms with E-state index in [-0.39, 0.29) is 6.10 Å². The lowest BCUT2D eigenvalue weighted by Crippen LogP contribution is -2.36. The molecule has 3 aromatic rings. The molecule has 0 radical (unpaired) electrons. The topological polar surface area (TPSA) is 18.5 Å². The first kappa shape index (κ1) is 23.0. The minimum Gasteiger partial charge on any atom is -0.376 e. The minimum atomic E-state index is -0.691. The molecular weight excluding hydrogens is 380 g/mol. The van der Waals surface area contributed by atoms with Crippen molar-refractivity contribution < 1.29 is 9.47 Å². The van der Waals surface area contributed by atoms with Crippen molar-refractivity contribution in [3.63, 3.8) is 0 Å². The normalized spacial score (nSPS) is 12.4. The van der Waals surface area contributed by atoms with Crippen molar-refractivity contribution in [2.45, 2.75) is 44.3 Å². The van der Waals surface area contributed by atoms with Crippen LogP contribution in [-0.4, -0.2) is 19.3 Å². The van der Waals surface area contributed by atoms with Gasteiger partial charge in [-0.05, 0) is 42.4 Å². The lowest BCUT2D eigenvalue weighted by Gasteiger charge is -2.37. The molecule has 0 aliphatic carbocycles. The molecule has 1 unspecified atom stereocenters. The number of benzene rings is 3. The fraction of sp³-hybridized carbons (Fsp3) is 0.310. The van der Waals surface area contributed by atoms with E-state index >= 15 is 0 Å². The van der Waals surface area contributed by atoms with Crippen LogP contribution < -0.4 is 0 Å². The molecule has 0 heterocycles. The first-order valence-corrected chi connectivity index (χ1v) is 11.3. The molecule has 0 amide bonds. The van der Waals surface area contributed by atoms with Crippen LogP contribution in [0.25, 0.3) is 0 Å². The second kappa shape index (κ2) is 12.2. The van der Waals surface area contributed by atoms with Crippen LogP contribution >= 0.6 is 0 Å². The molecule has 0 saturated carbocycles. The monoisotopic (exact) mass is 414 g/mol. The molecule has 31 heavy (non-hydrogen) atoms. The predicted molar refractivity (Wildman–Crippen MR) is 129 cm³/mol. The van der Waals surface area contributed by atoms with Crippen molar-refractivity contribution in [3.8, 4) is 0 Å². The summed E-state index contributed by atoms with van der Waals surface area (Å²) >= 11 is 0. The Kier molecular flexibility index (Phi) is 9.08. The Labute approximate surface area is 187 Å². The second-order valence-corrected chi connectivity index (χ2v) is 7.78. The highest BCUT2D eigenvalue weighted by Crippen LogP contribution is 2.40. The number of ether oxygens (including phenoxy) is 2. The number of rotatable bonds is 13. The largest absolute Gasteiger partial charge is 0.376 e. The average Bonchev–Trinajstić information content (AvgIpc) is 2.85. The fourth-order valence-corrected chi connectivity index (χ4v) is 3.91. The number of hydrogen-bond donors (Lipinski definition) is 0. The van der Waals surface area contributed by atoms with Crippen molar-refractivity contribution in [2.24, 2.45) is 0 Å². The van der Waals surface area contributed by atoms with E-state index < -0.39 is 5.60 Å². The van der Waals surface area contributed by atoms with Crippen LogP contribution in [0.15, 0.2) is 104 Å². The van der Waals surface area contributed by atoms with Crippen molar-refractivity contribution in [1.29, 1.82) is 0 Å². The number of unbranched alkanes of at least 4 members (excludes halogenated alkanes) is 2. The third-order valence-corrected chi connectivity index (χ3v) is 5.64. The van der Waals surface area contributed by atoms with Gasteiger partial charge in [-0.15, -0.1) is 6.58 Å². The Morgan fingerprint density at radius 2 is 1.26 bits per heavy atom. The maximum absolute atomic E-state index is 6.88.